The average Bonchev–Trinajstić information content (AvgIpc) is 2.23. The summed E-state index contributed by atoms with van der Waals surface area (Å²) in [6.45, 7) is 2.16. The first-order valence-corrected chi connectivity index (χ1v) is 6.24. The molecular formula is C11H14ClNOS. The topological polar surface area (TPSA) is 32.6 Å². The SMILES string of the molecule is CCCCSc1c(Cl)cccc1/C=N/O. The Balaban J connectivity index is 2.82. The average molecular weight is 244 g/mol. The van der Waals surface area contributed by atoms with Crippen LogP contribution in [0.5, 0.6) is 0 Å². The molecule has 82 valence electrons. The Kier molecular flexibility index (Phi) is 5.58. The number of rotatable bonds is 5. The molecule has 0 fully saturated rings. The number of unbranched alkanes of at least 4 members (excludes halogenated alkanes) is 1. The zero-order valence-electron chi connectivity index (χ0n) is 8.61. The molecule has 1 rings (SSSR count). The number of halogens is 1. The van der Waals surface area contributed by atoms with E-state index in [2.05, 4.69) is 12.1 Å². The van der Waals surface area contributed by atoms with Gasteiger partial charge in [0.1, 0.15) is 0 Å². The third-order valence-corrected chi connectivity index (χ3v) is 3.60. The zero-order chi connectivity index (χ0) is 11.1. The molecule has 0 bridgehead atoms. The largest absolute Gasteiger partial charge is 0.411 e. The van der Waals surface area contributed by atoms with Gasteiger partial charge in [0.2, 0.25) is 0 Å². The quantitative estimate of drug-likeness (QED) is 0.278. The zero-order valence-corrected chi connectivity index (χ0v) is 10.2. The summed E-state index contributed by atoms with van der Waals surface area (Å²) in [5.74, 6) is 1.03. The van der Waals surface area contributed by atoms with E-state index in [1.54, 1.807) is 11.8 Å². The smallest absolute Gasteiger partial charge is 0.0745 e. The van der Waals surface area contributed by atoms with Crippen LogP contribution in [-0.4, -0.2) is 17.2 Å². The highest BCUT2D eigenvalue weighted by molar-refractivity contribution is 7.99. The van der Waals surface area contributed by atoms with Crippen LogP contribution in [0.1, 0.15) is 25.3 Å². The second-order valence-electron chi connectivity index (χ2n) is 3.10. The van der Waals surface area contributed by atoms with Gasteiger partial charge in [-0.15, -0.1) is 11.8 Å². The fraction of sp³-hybridized carbons (Fsp3) is 0.364. The Hall–Kier alpha value is -0.670. The second-order valence-corrected chi connectivity index (χ2v) is 4.62. The molecule has 0 saturated heterocycles. The number of benzene rings is 1. The van der Waals surface area contributed by atoms with E-state index in [4.69, 9.17) is 16.8 Å². The van der Waals surface area contributed by atoms with Crippen LogP contribution in [0.25, 0.3) is 0 Å². The van der Waals surface area contributed by atoms with Crippen LogP contribution in [0.4, 0.5) is 0 Å². The van der Waals surface area contributed by atoms with Gasteiger partial charge in [-0.2, -0.15) is 0 Å². The summed E-state index contributed by atoms with van der Waals surface area (Å²) in [5.41, 5.74) is 0.867. The summed E-state index contributed by atoms with van der Waals surface area (Å²) in [4.78, 5) is 0.991. The van der Waals surface area contributed by atoms with Crippen LogP contribution >= 0.6 is 23.4 Å². The summed E-state index contributed by atoms with van der Waals surface area (Å²) < 4.78 is 0. The van der Waals surface area contributed by atoms with E-state index in [9.17, 15) is 0 Å². The Morgan fingerprint density at radius 1 is 1.53 bits per heavy atom. The van der Waals surface area contributed by atoms with E-state index >= 15 is 0 Å². The minimum Gasteiger partial charge on any atom is -0.411 e. The van der Waals surface area contributed by atoms with Crippen molar-refractivity contribution >= 4 is 29.6 Å². The fourth-order valence-electron chi connectivity index (χ4n) is 1.16. The molecule has 0 aliphatic rings. The summed E-state index contributed by atoms with van der Waals surface area (Å²) in [7, 11) is 0. The Bertz CT molecular complexity index is 341. The maximum absolute atomic E-state index is 8.52. The van der Waals surface area contributed by atoms with Gasteiger partial charge in [-0.3, -0.25) is 0 Å². The third kappa shape index (κ3) is 3.76. The molecule has 0 atom stereocenters. The fourth-order valence-corrected chi connectivity index (χ4v) is 2.64. The lowest BCUT2D eigenvalue weighted by atomic mass is 10.2. The van der Waals surface area contributed by atoms with Crippen molar-refractivity contribution in [1.29, 1.82) is 0 Å². The number of hydrogen-bond donors (Lipinski definition) is 1. The van der Waals surface area contributed by atoms with E-state index in [0.29, 0.717) is 5.02 Å². The molecule has 0 saturated carbocycles. The van der Waals surface area contributed by atoms with E-state index < -0.39 is 0 Å². The number of nitrogens with zero attached hydrogens (tertiary/aromatic N) is 1. The summed E-state index contributed by atoms with van der Waals surface area (Å²) >= 11 is 7.78. The molecule has 1 aromatic rings. The lowest BCUT2D eigenvalue weighted by molar-refractivity contribution is 0.322. The molecule has 1 N–H and O–H groups in total. The van der Waals surface area contributed by atoms with Gasteiger partial charge < -0.3 is 5.21 Å². The normalized spacial score (nSPS) is 11.1. The Labute approximate surface area is 99.3 Å². The lowest BCUT2D eigenvalue weighted by Gasteiger charge is -2.06. The van der Waals surface area contributed by atoms with E-state index in [1.807, 2.05) is 18.2 Å². The van der Waals surface area contributed by atoms with Gasteiger partial charge in [0, 0.05) is 10.5 Å². The molecule has 0 aliphatic carbocycles. The Morgan fingerprint density at radius 2 is 2.33 bits per heavy atom. The highest BCUT2D eigenvalue weighted by atomic mass is 35.5. The van der Waals surface area contributed by atoms with E-state index in [-0.39, 0.29) is 0 Å². The van der Waals surface area contributed by atoms with Crippen molar-refractivity contribution in [2.45, 2.75) is 24.7 Å². The van der Waals surface area contributed by atoms with Crippen LogP contribution in [0, 0.1) is 0 Å². The molecular weight excluding hydrogens is 230 g/mol. The molecule has 4 heteroatoms. The van der Waals surface area contributed by atoms with Crippen molar-refractivity contribution in [3.63, 3.8) is 0 Å². The van der Waals surface area contributed by atoms with Crippen LogP contribution in [-0.2, 0) is 0 Å². The Morgan fingerprint density at radius 3 is 3.00 bits per heavy atom. The van der Waals surface area contributed by atoms with Gasteiger partial charge in [-0.05, 0) is 18.2 Å². The van der Waals surface area contributed by atoms with Crippen molar-refractivity contribution in [2.24, 2.45) is 5.16 Å². The lowest BCUT2D eigenvalue weighted by Crippen LogP contribution is -1.88. The number of oxime groups is 1. The number of hydrogen-bond acceptors (Lipinski definition) is 3. The van der Waals surface area contributed by atoms with E-state index in [0.717, 1.165) is 22.6 Å². The molecule has 0 unspecified atom stereocenters. The van der Waals surface area contributed by atoms with Gasteiger partial charge >= 0.3 is 0 Å². The molecule has 1 aromatic carbocycles. The predicted molar refractivity (Wildman–Crippen MR) is 66.5 cm³/mol. The molecule has 0 heterocycles. The van der Waals surface area contributed by atoms with Crippen molar-refractivity contribution < 1.29 is 5.21 Å². The van der Waals surface area contributed by atoms with Crippen molar-refractivity contribution in [2.75, 3.05) is 5.75 Å². The van der Waals surface area contributed by atoms with Crippen molar-refractivity contribution in [1.82, 2.24) is 0 Å². The first-order chi connectivity index (χ1) is 7.29. The van der Waals surface area contributed by atoms with Crippen LogP contribution in [0.2, 0.25) is 5.02 Å². The molecule has 15 heavy (non-hydrogen) atoms. The van der Waals surface area contributed by atoms with Gasteiger partial charge in [0.15, 0.2) is 0 Å². The van der Waals surface area contributed by atoms with Crippen molar-refractivity contribution in [3.05, 3.63) is 28.8 Å². The monoisotopic (exact) mass is 243 g/mol. The maximum Gasteiger partial charge on any atom is 0.0745 e. The first kappa shape index (κ1) is 12.4. The second kappa shape index (κ2) is 6.75. The standard InChI is InChI=1S/C11H14ClNOS/c1-2-3-7-15-11-9(8-13-14)5-4-6-10(11)12/h4-6,8,14H,2-3,7H2,1H3/b13-8+. The molecule has 0 radical (unpaired) electrons. The highest BCUT2D eigenvalue weighted by Crippen LogP contribution is 2.30. The molecule has 2 nitrogen and oxygen atoms in total. The van der Waals surface area contributed by atoms with Gasteiger partial charge in [-0.25, -0.2) is 0 Å². The summed E-state index contributed by atoms with van der Waals surface area (Å²) in [5, 5.41) is 12.3. The van der Waals surface area contributed by atoms with E-state index in [1.165, 1.54) is 12.6 Å². The van der Waals surface area contributed by atoms with Crippen LogP contribution in [0.3, 0.4) is 0 Å². The summed E-state index contributed by atoms with van der Waals surface area (Å²) in [6.07, 6.45) is 3.74. The molecule has 0 spiro atoms. The minimum atomic E-state index is 0.716. The number of thioether (sulfide) groups is 1. The summed E-state index contributed by atoms with van der Waals surface area (Å²) in [6, 6.07) is 5.59. The minimum absolute atomic E-state index is 0.716. The highest BCUT2D eigenvalue weighted by Gasteiger charge is 2.05. The van der Waals surface area contributed by atoms with Gasteiger partial charge in [-0.1, -0.05) is 42.2 Å². The van der Waals surface area contributed by atoms with Gasteiger partial charge in [0.05, 0.1) is 11.2 Å². The van der Waals surface area contributed by atoms with Crippen LogP contribution in [0.15, 0.2) is 28.3 Å². The third-order valence-electron chi connectivity index (χ3n) is 1.94. The predicted octanol–water partition coefficient (Wildman–Crippen LogP) is 4.04. The maximum atomic E-state index is 8.52. The molecule has 0 aromatic heterocycles. The van der Waals surface area contributed by atoms with Crippen LogP contribution < -0.4 is 0 Å². The van der Waals surface area contributed by atoms with Crippen molar-refractivity contribution in [3.8, 4) is 0 Å². The van der Waals surface area contributed by atoms with Gasteiger partial charge in [0.25, 0.3) is 0 Å². The molecule has 0 aliphatic heterocycles. The first-order valence-electron chi connectivity index (χ1n) is 4.88. The molecule has 0 amide bonds.